The molecule has 0 aliphatic carbocycles. The topological polar surface area (TPSA) is 30.5 Å². The molecular weight excluding hydrogens is 286 g/mol. The molecule has 124 valence electrons. The Balaban J connectivity index is 1.84. The standard InChI is InChI=1S/C20H27NO2/c1-3-5-14-23-20-8-6-7-18(15-20)21-16-17-9-11-19(12-10-17)22-13-4-2/h6-12,15,21H,3-5,13-14,16H2,1-2H3. The molecular formula is C20H27NO2. The van der Waals surface area contributed by atoms with Gasteiger partial charge in [-0.15, -0.1) is 0 Å². The maximum absolute atomic E-state index is 5.74. The van der Waals surface area contributed by atoms with Crippen molar-refractivity contribution < 1.29 is 9.47 Å². The number of unbranched alkanes of at least 4 members (excludes halogenated alkanes) is 1. The van der Waals surface area contributed by atoms with Crippen molar-refractivity contribution in [3.05, 3.63) is 54.1 Å². The third kappa shape index (κ3) is 6.23. The Morgan fingerprint density at radius 1 is 0.826 bits per heavy atom. The van der Waals surface area contributed by atoms with Gasteiger partial charge >= 0.3 is 0 Å². The van der Waals surface area contributed by atoms with Crippen LogP contribution in [0, 0.1) is 0 Å². The summed E-state index contributed by atoms with van der Waals surface area (Å²) in [6, 6.07) is 16.4. The fourth-order valence-electron chi connectivity index (χ4n) is 2.16. The average Bonchev–Trinajstić information content (AvgIpc) is 2.60. The Kier molecular flexibility index (Phi) is 7.31. The van der Waals surface area contributed by atoms with Crippen molar-refractivity contribution in [3.8, 4) is 11.5 Å². The molecule has 3 heteroatoms. The van der Waals surface area contributed by atoms with E-state index in [1.165, 1.54) is 5.56 Å². The summed E-state index contributed by atoms with van der Waals surface area (Å²) in [6.07, 6.45) is 3.26. The molecule has 23 heavy (non-hydrogen) atoms. The number of hydrogen-bond acceptors (Lipinski definition) is 3. The number of ether oxygens (including phenoxy) is 2. The van der Waals surface area contributed by atoms with Crippen LogP contribution in [-0.2, 0) is 6.54 Å². The second-order valence-corrected chi connectivity index (χ2v) is 5.58. The van der Waals surface area contributed by atoms with Crippen LogP contribution in [0.4, 0.5) is 5.69 Å². The van der Waals surface area contributed by atoms with Gasteiger partial charge in [0.2, 0.25) is 0 Å². The minimum Gasteiger partial charge on any atom is -0.494 e. The summed E-state index contributed by atoms with van der Waals surface area (Å²) in [5.74, 6) is 1.86. The lowest BCUT2D eigenvalue weighted by Gasteiger charge is -2.10. The van der Waals surface area contributed by atoms with E-state index in [-0.39, 0.29) is 0 Å². The Bertz CT molecular complexity index is 566. The van der Waals surface area contributed by atoms with Crippen molar-refractivity contribution in [2.24, 2.45) is 0 Å². The Morgan fingerprint density at radius 3 is 2.35 bits per heavy atom. The fourth-order valence-corrected chi connectivity index (χ4v) is 2.16. The highest BCUT2D eigenvalue weighted by Gasteiger charge is 1.99. The van der Waals surface area contributed by atoms with Crippen molar-refractivity contribution >= 4 is 5.69 Å². The summed E-state index contributed by atoms with van der Waals surface area (Å²) >= 11 is 0. The zero-order valence-corrected chi connectivity index (χ0v) is 14.2. The molecule has 0 bridgehead atoms. The van der Waals surface area contributed by atoms with Gasteiger partial charge in [-0.2, -0.15) is 0 Å². The molecule has 2 aromatic rings. The largest absolute Gasteiger partial charge is 0.494 e. The average molecular weight is 313 g/mol. The SMILES string of the molecule is CCCCOc1cccc(NCc2ccc(OCCC)cc2)c1. The summed E-state index contributed by atoms with van der Waals surface area (Å²) in [6.45, 7) is 6.60. The lowest BCUT2D eigenvalue weighted by molar-refractivity contribution is 0.309. The molecule has 0 atom stereocenters. The van der Waals surface area contributed by atoms with E-state index in [1.54, 1.807) is 0 Å². The van der Waals surface area contributed by atoms with Crippen LogP contribution in [0.5, 0.6) is 11.5 Å². The number of anilines is 1. The van der Waals surface area contributed by atoms with Gasteiger partial charge in [0.05, 0.1) is 13.2 Å². The minimum atomic E-state index is 0.766. The highest BCUT2D eigenvalue weighted by molar-refractivity contribution is 5.48. The van der Waals surface area contributed by atoms with Crippen LogP contribution in [-0.4, -0.2) is 13.2 Å². The molecule has 2 rings (SSSR count). The first-order valence-corrected chi connectivity index (χ1v) is 8.50. The Labute approximate surface area is 139 Å². The van der Waals surface area contributed by atoms with E-state index in [2.05, 4.69) is 37.4 Å². The van der Waals surface area contributed by atoms with Gasteiger partial charge in [-0.1, -0.05) is 38.5 Å². The molecule has 0 heterocycles. The van der Waals surface area contributed by atoms with Gasteiger partial charge in [0, 0.05) is 18.3 Å². The van der Waals surface area contributed by atoms with Gasteiger partial charge in [0.25, 0.3) is 0 Å². The van der Waals surface area contributed by atoms with Crippen molar-refractivity contribution in [1.29, 1.82) is 0 Å². The van der Waals surface area contributed by atoms with Crippen molar-refractivity contribution in [2.75, 3.05) is 18.5 Å². The maximum atomic E-state index is 5.74. The molecule has 0 radical (unpaired) electrons. The maximum Gasteiger partial charge on any atom is 0.121 e. The van der Waals surface area contributed by atoms with E-state index in [0.717, 1.165) is 56.2 Å². The second-order valence-electron chi connectivity index (χ2n) is 5.58. The predicted octanol–water partition coefficient (Wildman–Crippen LogP) is 5.27. The molecule has 0 saturated heterocycles. The predicted molar refractivity (Wildman–Crippen MR) is 96.4 cm³/mol. The third-order valence-electron chi connectivity index (χ3n) is 3.49. The van der Waals surface area contributed by atoms with E-state index < -0.39 is 0 Å². The van der Waals surface area contributed by atoms with Crippen LogP contribution < -0.4 is 14.8 Å². The first-order chi connectivity index (χ1) is 11.3. The van der Waals surface area contributed by atoms with Crippen LogP contribution >= 0.6 is 0 Å². The first-order valence-electron chi connectivity index (χ1n) is 8.50. The van der Waals surface area contributed by atoms with Crippen LogP contribution in [0.2, 0.25) is 0 Å². The molecule has 0 amide bonds. The quantitative estimate of drug-likeness (QED) is 0.606. The van der Waals surface area contributed by atoms with E-state index in [1.807, 2.05) is 30.3 Å². The van der Waals surface area contributed by atoms with Gasteiger partial charge < -0.3 is 14.8 Å². The van der Waals surface area contributed by atoms with Crippen LogP contribution in [0.3, 0.4) is 0 Å². The number of rotatable bonds is 10. The molecule has 2 aromatic carbocycles. The van der Waals surface area contributed by atoms with Crippen LogP contribution in [0.15, 0.2) is 48.5 Å². The van der Waals surface area contributed by atoms with E-state index in [9.17, 15) is 0 Å². The molecule has 3 nitrogen and oxygen atoms in total. The summed E-state index contributed by atoms with van der Waals surface area (Å²) < 4.78 is 11.3. The van der Waals surface area contributed by atoms with Crippen molar-refractivity contribution in [2.45, 2.75) is 39.7 Å². The summed E-state index contributed by atoms with van der Waals surface area (Å²) in [7, 11) is 0. The fraction of sp³-hybridized carbons (Fsp3) is 0.400. The lowest BCUT2D eigenvalue weighted by atomic mass is 10.2. The van der Waals surface area contributed by atoms with Gasteiger partial charge in [-0.3, -0.25) is 0 Å². The molecule has 1 N–H and O–H groups in total. The summed E-state index contributed by atoms with van der Waals surface area (Å²) in [5, 5.41) is 3.43. The number of hydrogen-bond donors (Lipinski definition) is 1. The van der Waals surface area contributed by atoms with Gasteiger partial charge in [0.1, 0.15) is 11.5 Å². The highest BCUT2D eigenvalue weighted by Crippen LogP contribution is 2.19. The number of nitrogens with one attached hydrogen (secondary N) is 1. The minimum absolute atomic E-state index is 0.766. The van der Waals surface area contributed by atoms with Gasteiger partial charge in [-0.05, 0) is 42.7 Å². The zero-order chi connectivity index (χ0) is 16.3. The normalized spacial score (nSPS) is 10.3. The van der Waals surface area contributed by atoms with Crippen molar-refractivity contribution in [1.82, 2.24) is 0 Å². The first kappa shape index (κ1) is 17.2. The van der Waals surface area contributed by atoms with E-state index in [0.29, 0.717) is 0 Å². The van der Waals surface area contributed by atoms with Crippen molar-refractivity contribution in [3.63, 3.8) is 0 Å². The Hall–Kier alpha value is -2.16. The molecule has 0 spiro atoms. The molecule has 0 aliphatic heterocycles. The van der Waals surface area contributed by atoms with Crippen LogP contribution in [0.1, 0.15) is 38.7 Å². The second kappa shape index (κ2) is 9.78. The summed E-state index contributed by atoms with van der Waals surface area (Å²) in [5.41, 5.74) is 2.30. The van der Waals surface area contributed by atoms with Gasteiger partial charge in [0.15, 0.2) is 0 Å². The zero-order valence-electron chi connectivity index (χ0n) is 14.2. The molecule has 0 unspecified atom stereocenters. The molecule has 0 saturated carbocycles. The Morgan fingerprint density at radius 2 is 1.61 bits per heavy atom. The van der Waals surface area contributed by atoms with E-state index >= 15 is 0 Å². The molecule has 0 fully saturated rings. The number of benzene rings is 2. The van der Waals surface area contributed by atoms with Crippen LogP contribution in [0.25, 0.3) is 0 Å². The highest BCUT2D eigenvalue weighted by atomic mass is 16.5. The molecule has 0 aromatic heterocycles. The van der Waals surface area contributed by atoms with E-state index in [4.69, 9.17) is 9.47 Å². The smallest absolute Gasteiger partial charge is 0.121 e. The summed E-state index contributed by atoms with van der Waals surface area (Å²) in [4.78, 5) is 0. The lowest BCUT2D eigenvalue weighted by Crippen LogP contribution is -2.01. The monoisotopic (exact) mass is 313 g/mol. The third-order valence-corrected chi connectivity index (χ3v) is 3.49. The van der Waals surface area contributed by atoms with Gasteiger partial charge in [-0.25, -0.2) is 0 Å². The molecule has 0 aliphatic rings.